The van der Waals surface area contributed by atoms with Crippen LogP contribution in [0.4, 0.5) is 5.69 Å². The Kier molecular flexibility index (Phi) is 5.41. The summed E-state index contributed by atoms with van der Waals surface area (Å²) in [5.74, 6) is 3.33. The van der Waals surface area contributed by atoms with Gasteiger partial charge in [-0.2, -0.15) is 0 Å². The largest absolute Gasteiger partial charge is 0.497 e. The highest BCUT2D eigenvalue weighted by molar-refractivity contribution is 6.04. The lowest BCUT2D eigenvalue weighted by Gasteiger charge is -2.42. The van der Waals surface area contributed by atoms with Gasteiger partial charge in [-0.1, -0.05) is 19.9 Å². The lowest BCUT2D eigenvalue weighted by Crippen LogP contribution is -2.56. The number of carbonyl (C=O) groups is 1. The molecule has 0 saturated carbocycles. The van der Waals surface area contributed by atoms with E-state index in [1.807, 2.05) is 62.1 Å². The van der Waals surface area contributed by atoms with E-state index in [0.29, 0.717) is 6.54 Å². The lowest BCUT2D eigenvalue weighted by molar-refractivity contribution is -0.138. The molecule has 1 saturated heterocycles. The molecule has 6 heteroatoms. The Morgan fingerprint density at radius 3 is 2.67 bits per heavy atom. The predicted octanol–water partition coefficient (Wildman–Crippen LogP) is 4.38. The first-order valence-corrected chi connectivity index (χ1v) is 10.5. The van der Waals surface area contributed by atoms with Crippen molar-refractivity contribution >= 4 is 17.4 Å². The number of hydrogen-bond acceptors (Lipinski definition) is 5. The standard InChI is InChI=1S/C24H29N3O3/c1-15(2)24(28)27-11-10-26(14-17(27)4)23-19-13-18(29-5)7-9-21(19)30-22-12-16(3)6-8-20(22)25-23/h6-9,12-13,15,17H,10-11,14H2,1-5H3/t17-/m1/s1. The normalized spacial score (nSPS) is 18.2. The number of fused-ring (bicyclic) bond motifs is 2. The molecule has 0 spiro atoms. The second-order valence-corrected chi connectivity index (χ2v) is 8.35. The Bertz CT molecular complexity index is 999. The summed E-state index contributed by atoms with van der Waals surface area (Å²) in [6.07, 6.45) is 0. The van der Waals surface area contributed by atoms with Crippen molar-refractivity contribution in [3.63, 3.8) is 0 Å². The number of nitrogens with zero attached hydrogens (tertiary/aromatic N) is 3. The minimum absolute atomic E-state index is 0.00252. The van der Waals surface area contributed by atoms with Gasteiger partial charge in [-0.3, -0.25) is 4.79 Å². The fourth-order valence-corrected chi connectivity index (χ4v) is 4.04. The highest BCUT2D eigenvalue weighted by atomic mass is 16.5. The molecule has 158 valence electrons. The monoisotopic (exact) mass is 407 g/mol. The van der Waals surface area contributed by atoms with Crippen molar-refractivity contribution in [3.8, 4) is 17.2 Å². The van der Waals surface area contributed by atoms with Crippen molar-refractivity contribution in [2.24, 2.45) is 10.9 Å². The second kappa shape index (κ2) is 8.01. The molecule has 0 unspecified atom stereocenters. The zero-order valence-corrected chi connectivity index (χ0v) is 18.3. The van der Waals surface area contributed by atoms with Crippen molar-refractivity contribution in [2.75, 3.05) is 26.7 Å². The molecule has 2 aliphatic heterocycles. The van der Waals surface area contributed by atoms with Gasteiger partial charge in [-0.15, -0.1) is 0 Å². The van der Waals surface area contributed by atoms with Crippen LogP contribution in [0.1, 0.15) is 31.9 Å². The van der Waals surface area contributed by atoms with Crippen molar-refractivity contribution in [2.45, 2.75) is 33.7 Å². The lowest BCUT2D eigenvalue weighted by atomic mass is 10.1. The van der Waals surface area contributed by atoms with Gasteiger partial charge >= 0.3 is 0 Å². The van der Waals surface area contributed by atoms with Crippen molar-refractivity contribution in [1.82, 2.24) is 9.80 Å². The zero-order chi connectivity index (χ0) is 21.4. The van der Waals surface area contributed by atoms with Gasteiger partial charge < -0.3 is 19.3 Å². The van der Waals surface area contributed by atoms with Crippen molar-refractivity contribution < 1.29 is 14.3 Å². The Morgan fingerprint density at radius 1 is 1.17 bits per heavy atom. The SMILES string of the molecule is COc1ccc2c(c1)C(N1CCN(C(=O)C(C)C)[C@H](C)C1)=Nc1ccc(C)cc1O2. The third-order valence-corrected chi connectivity index (χ3v) is 5.69. The topological polar surface area (TPSA) is 54.4 Å². The van der Waals surface area contributed by atoms with Crippen LogP contribution in [-0.4, -0.2) is 54.3 Å². The number of hydrogen-bond donors (Lipinski definition) is 0. The minimum Gasteiger partial charge on any atom is -0.497 e. The number of benzene rings is 2. The molecule has 2 aromatic rings. The summed E-state index contributed by atoms with van der Waals surface area (Å²) < 4.78 is 11.7. The van der Waals surface area contributed by atoms with Crippen LogP contribution < -0.4 is 9.47 Å². The summed E-state index contributed by atoms with van der Waals surface area (Å²) in [6, 6.07) is 12.0. The maximum absolute atomic E-state index is 12.6. The van der Waals surface area contributed by atoms with E-state index in [1.165, 1.54) is 0 Å². The smallest absolute Gasteiger partial charge is 0.225 e. The van der Waals surface area contributed by atoms with E-state index in [0.717, 1.165) is 53.0 Å². The first-order valence-electron chi connectivity index (χ1n) is 10.5. The number of ether oxygens (including phenoxy) is 2. The molecule has 1 fully saturated rings. The molecule has 2 aromatic carbocycles. The van der Waals surface area contributed by atoms with Gasteiger partial charge in [0.1, 0.15) is 23.0 Å². The van der Waals surface area contributed by atoms with Crippen LogP contribution in [0.25, 0.3) is 0 Å². The van der Waals surface area contributed by atoms with E-state index in [2.05, 4.69) is 11.8 Å². The summed E-state index contributed by atoms with van der Waals surface area (Å²) in [5.41, 5.74) is 2.83. The van der Waals surface area contributed by atoms with Gasteiger partial charge in [-0.25, -0.2) is 4.99 Å². The van der Waals surface area contributed by atoms with E-state index < -0.39 is 0 Å². The van der Waals surface area contributed by atoms with Gasteiger partial charge in [0, 0.05) is 31.6 Å². The number of carbonyl (C=O) groups excluding carboxylic acids is 1. The highest BCUT2D eigenvalue weighted by Gasteiger charge is 2.32. The number of rotatable bonds is 2. The molecule has 4 rings (SSSR count). The summed E-state index contributed by atoms with van der Waals surface area (Å²) in [6.45, 7) is 10.2. The summed E-state index contributed by atoms with van der Waals surface area (Å²) in [5, 5.41) is 0. The van der Waals surface area contributed by atoms with Crippen LogP contribution in [0, 0.1) is 12.8 Å². The molecular formula is C24H29N3O3. The molecule has 0 aliphatic carbocycles. The summed E-state index contributed by atoms with van der Waals surface area (Å²) in [7, 11) is 1.66. The third kappa shape index (κ3) is 3.74. The molecule has 30 heavy (non-hydrogen) atoms. The Hall–Kier alpha value is -3.02. The number of aliphatic imine (C=N–C) groups is 1. The zero-order valence-electron chi connectivity index (χ0n) is 18.3. The average Bonchev–Trinajstić information content (AvgIpc) is 2.88. The maximum atomic E-state index is 12.6. The van der Waals surface area contributed by atoms with Gasteiger partial charge in [0.25, 0.3) is 0 Å². The maximum Gasteiger partial charge on any atom is 0.225 e. The molecule has 2 aliphatic rings. The van der Waals surface area contributed by atoms with Crippen LogP contribution in [0.5, 0.6) is 17.2 Å². The molecule has 1 amide bonds. The Balaban J connectivity index is 1.74. The van der Waals surface area contributed by atoms with Gasteiger partial charge in [0.15, 0.2) is 5.75 Å². The molecule has 1 atom stereocenters. The van der Waals surface area contributed by atoms with Crippen molar-refractivity contribution in [3.05, 3.63) is 47.5 Å². The second-order valence-electron chi connectivity index (χ2n) is 8.35. The Morgan fingerprint density at radius 2 is 1.97 bits per heavy atom. The molecule has 0 N–H and O–H groups in total. The number of amidine groups is 1. The van der Waals surface area contributed by atoms with E-state index >= 15 is 0 Å². The fourth-order valence-electron chi connectivity index (χ4n) is 4.04. The quantitative estimate of drug-likeness (QED) is 0.742. The van der Waals surface area contributed by atoms with Gasteiger partial charge in [-0.05, 0) is 49.7 Å². The average molecular weight is 408 g/mol. The van der Waals surface area contributed by atoms with E-state index in [1.54, 1.807) is 7.11 Å². The molecular weight excluding hydrogens is 378 g/mol. The number of aryl methyl sites for hydroxylation is 1. The number of piperazine rings is 1. The first-order chi connectivity index (χ1) is 14.4. The van der Waals surface area contributed by atoms with E-state index in [-0.39, 0.29) is 17.9 Å². The number of amides is 1. The van der Waals surface area contributed by atoms with Gasteiger partial charge in [0.05, 0.1) is 12.7 Å². The van der Waals surface area contributed by atoms with Crippen LogP contribution in [0.2, 0.25) is 0 Å². The summed E-state index contributed by atoms with van der Waals surface area (Å²) >= 11 is 0. The molecule has 0 aromatic heterocycles. The van der Waals surface area contributed by atoms with E-state index in [4.69, 9.17) is 14.5 Å². The van der Waals surface area contributed by atoms with Crippen molar-refractivity contribution in [1.29, 1.82) is 0 Å². The highest BCUT2D eigenvalue weighted by Crippen LogP contribution is 2.40. The third-order valence-electron chi connectivity index (χ3n) is 5.69. The van der Waals surface area contributed by atoms with Crippen LogP contribution in [0.15, 0.2) is 41.4 Å². The molecule has 0 bridgehead atoms. The van der Waals surface area contributed by atoms with Crippen LogP contribution >= 0.6 is 0 Å². The molecule has 2 heterocycles. The predicted molar refractivity (Wildman–Crippen MR) is 118 cm³/mol. The molecule has 0 radical (unpaired) electrons. The van der Waals surface area contributed by atoms with E-state index in [9.17, 15) is 4.79 Å². The minimum atomic E-state index is 0.00252. The van der Waals surface area contributed by atoms with Gasteiger partial charge in [0.2, 0.25) is 5.91 Å². The molecule has 6 nitrogen and oxygen atoms in total. The van der Waals surface area contributed by atoms with Crippen LogP contribution in [-0.2, 0) is 4.79 Å². The fraction of sp³-hybridized carbons (Fsp3) is 0.417. The van der Waals surface area contributed by atoms with Crippen LogP contribution in [0.3, 0.4) is 0 Å². The summed E-state index contributed by atoms with van der Waals surface area (Å²) in [4.78, 5) is 21.8. The Labute approximate surface area is 178 Å². The first kappa shape index (κ1) is 20.3. The number of methoxy groups -OCH3 is 1.